The molecule has 0 heterocycles. The highest BCUT2D eigenvalue weighted by atomic mass is 35.5. The van der Waals surface area contributed by atoms with Gasteiger partial charge in [-0.1, -0.05) is 6.92 Å². The van der Waals surface area contributed by atoms with E-state index in [0.717, 1.165) is 18.6 Å². The fourth-order valence-corrected chi connectivity index (χ4v) is 2.77. The Hall–Kier alpha value is -0.650. The zero-order valence-corrected chi connectivity index (χ0v) is 11.1. The molecule has 0 aliphatic rings. The number of sulfonamides is 1. The van der Waals surface area contributed by atoms with Crippen LogP contribution in [0.2, 0.25) is 0 Å². The third kappa shape index (κ3) is 4.61. The molecular formula is C11H15ClFNO2S. The zero-order valence-electron chi connectivity index (χ0n) is 9.49. The second kappa shape index (κ2) is 6.33. The Kier molecular flexibility index (Phi) is 5.36. The molecule has 0 aliphatic carbocycles. The molecule has 96 valence electrons. The first-order chi connectivity index (χ1) is 7.95. The number of alkyl halides is 1. The maximum absolute atomic E-state index is 12.7. The number of nitrogens with one attached hydrogen (secondary N) is 1. The third-order valence-corrected chi connectivity index (χ3v) is 4.01. The minimum atomic E-state index is -3.55. The van der Waals surface area contributed by atoms with Gasteiger partial charge >= 0.3 is 0 Å². The van der Waals surface area contributed by atoms with E-state index in [1.54, 1.807) is 0 Å². The van der Waals surface area contributed by atoms with Gasteiger partial charge in [0.05, 0.1) is 4.90 Å². The highest BCUT2D eigenvalue weighted by Crippen LogP contribution is 2.10. The Balaban J connectivity index is 2.66. The summed E-state index contributed by atoms with van der Waals surface area (Å²) in [5, 5.41) is 0. The van der Waals surface area contributed by atoms with Crippen molar-refractivity contribution in [3.63, 3.8) is 0 Å². The summed E-state index contributed by atoms with van der Waals surface area (Å²) in [5.41, 5.74) is 0. The second-order valence-electron chi connectivity index (χ2n) is 3.89. The van der Waals surface area contributed by atoms with Gasteiger partial charge in [0.1, 0.15) is 5.82 Å². The molecule has 0 spiro atoms. The van der Waals surface area contributed by atoms with E-state index in [2.05, 4.69) is 4.72 Å². The monoisotopic (exact) mass is 279 g/mol. The van der Waals surface area contributed by atoms with Crippen molar-refractivity contribution >= 4 is 21.6 Å². The summed E-state index contributed by atoms with van der Waals surface area (Å²) in [5.74, 6) is 0.210. The van der Waals surface area contributed by atoms with E-state index in [1.807, 2.05) is 6.92 Å². The fraction of sp³-hybridized carbons (Fsp3) is 0.455. The van der Waals surface area contributed by atoms with Crippen molar-refractivity contribution < 1.29 is 12.8 Å². The lowest BCUT2D eigenvalue weighted by Crippen LogP contribution is -2.28. The van der Waals surface area contributed by atoms with Crippen LogP contribution in [0.4, 0.5) is 4.39 Å². The van der Waals surface area contributed by atoms with Gasteiger partial charge in [0.15, 0.2) is 0 Å². The number of benzene rings is 1. The van der Waals surface area contributed by atoms with Crippen LogP contribution in [0.3, 0.4) is 0 Å². The molecule has 3 nitrogen and oxygen atoms in total. The molecule has 0 aromatic heterocycles. The number of hydrogen-bond acceptors (Lipinski definition) is 2. The Labute approximate surface area is 106 Å². The highest BCUT2D eigenvalue weighted by molar-refractivity contribution is 7.89. The first-order valence-corrected chi connectivity index (χ1v) is 7.28. The molecule has 0 saturated carbocycles. The molecule has 0 amide bonds. The Morgan fingerprint density at radius 3 is 2.47 bits per heavy atom. The molecule has 1 rings (SSSR count). The van der Waals surface area contributed by atoms with Crippen molar-refractivity contribution in [2.75, 3.05) is 12.4 Å². The minimum Gasteiger partial charge on any atom is -0.211 e. The van der Waals surface area contributed by atoms with Crippen LogP contribution in [0.5, 0.6) is 0 Å². The lowest BCUT2D eigenvalue weighted by atomic mass is 10.1. The van der Waals surface area contributed by atoms with Crippen molar-refractivity contribution in [3.05, 3.63) is 30.1 Å². The summed E-state index contributed by atoms with van der Waals surface area (Å²) in [6.07, 6.45) is 0.744. The predicted molar refractivity (Wildman–Crippen MR) is 66.1 cm³/mol. The zero-order chi connectivity index (χ0) is 12.9. The first kappa shape index (κ1) is 14.4. The minimum absolute atomic E-state index is 0.0666. The molecule has 0 fully saturated rings. The topological polar surface area (TPSA) is 46.2 Å². The van der Waals surface area contributed by atoms with Crippen LogP contribution in [0.1, 0.15) is 13.3 Å². The van der Waals surface area contributed by atoms with E-state index in [1.165, 1.54) is 12.1 Å². The van der Waals surface area contributed by atoms with Gasteiger partial charge in [-0.25, -0.2) is 17.5 Å². The van der Waals surface area contributed by atoms with Crippen molar-refractivity contribution in [2.24, 2.45) is 5.92 Å². The van der Waals surface area contributed by atoms with E-state index in [-0.39, 0.29) is 10.8 Å². The lowest BCUT2D eigenvalue weighted by Gasteiger charge is -2.11. The summed E-state index contributed by atoms with van der Waals surface area (Å²) >= 11 is 5.56. The van der Waals surface area contributed by atoms with Crippen LogP contribution in [-0.2, 0) is 10.0 Å². The number of rotatable bonds is 6. The van der Waals surface area contributed by atoms with Gasteiger partial charge in [-0.2, -0.15) is 0 Å². The molecular weight excluding hydrogens is 265 g/mol. The Morgan fingerprint density at radius 2 is 1.94 bits per heavy atom. The summed E-state index contributed by atoms with van der Waals surface area (Å²) in [7, 11) is -3.55. The molecule has 1 atom stereocenters. The van der Waals surface area contributed by atoms with Gasteiger partial charge in [-0.15, -0.1) is 11.6 Å². The van der Waals surface area contributed by atoms with Crippen molar-refractivity contribution in [3.8, 4) is 0 Å². The summed E-state index contributed by atoms with van der Waals surface area (Å²) < 4.78 is 38.7. The molecule has 1 N–H and O–H groups in total. The molecule has 1 aromatic carbocycles. The van der Waals surface area contributed by atoms with Crippen LogP contribution in [0.25, 0.3) is 0 Å². The number of halogens is 2. The van der Waals surface area contributed by atoms with E-state index >= 15 is 0 Å². The van der Waals surface area contributed by atoms with Crippen molar-refractivity contribution in [1.29, 1.82) is 0 Å². The summed E-state index contributed by atoms with van der Waals surface area (Å²) in [6.45, 7) is 2.24. The third-order valence-electron chi connectivity index (χ3n) is 2.35. The standard InChI is InChI=1S/C11H15ClFNO2S/c1-9(6-7-12)8-14-17(15,16)11-4-2-10(13)3-5-11/h2-5,9,14H,6-8H2,1H3. The number of hydrogen-bond donors (Lipinski definition) is 1. The van der Waals surface area contributed by atoms with Gasteiger partial charge in [0, 0.05) is 12.4 Å². The molecule has 0 radical (unpaired) electrons. The smallest absolute Gasteiger partial charge is 0.211 e. The molecule has 0 saturated heterocycles. The van der Waals surface area contributed by atoms with Gasteiger partial charge in [0.2, 0.25) is 10.0 Å². The van der Waals surface area contributed by atoms with Crippen LogP contribution < -0.4 is 4.72 Å². The molecule has 1 unspecified atom stereocenters. The normalized spacial score (nSPS) is 13.6. The lowest BCUT2D eigenvalue weighted by molar-refractivity contribution is 0.530. The Morgan fingerprint density at radius 1 is 1.35 bits per heavy atom. The quantitative estimate of drug-likeness (QED) is 0.813. The molecule has 17 heavy (non-hydrogen) atoms. The van der Waals surface area contributed by atoms with Crippen LogP contribution in [0.15, 0.2) is 29.2 Å². The maximum atomic E-state index is 12.7. The molecule has 0 bridgehead atoms. The van der Waals surface area contributed by atoms with E-state index in [4.69, 9.17) is 11.6 Å². The van der Waals surface area contributed by atoms with E-state index < -0.39 is 15.8 Å². The molecule has 6 heteroatoms. The maximum Gasteiger partial charge on any atom is 0.240 e. The van der Waals surface area contributed by atoms with Crippen molar-refractivity contribution in [2.45, 2.75) is 18.2 Å². The van der Waals surface area contributed by atoms with Crippen LogP contribution >= 0.6 is 11.6 Å². The second-order valence-corrected chi connectivity index (χ2v) is 6.03. The van der Waals surface area contributed by atoms with E-state index in [9.17, 15) is 12.8 Å². The predicted octanol–water partition coefficient (Wildman–Crippen LogP) is 2.37. The highest BCUT2D eigenvalue weighted by Gasteiger charge is 2.14. The summed E-state index contributed by atoms with van der Waals surface area (Å²) in [6, 6.07) is 4.72. The van der Waals surface area contributed by atoms with Gasteiger partial charge in [-0.3, -0.25) is 0 Å². The Bertz CT molecular complexity index is 447. The van der Waals surface area contributed by atoms with Gasteiger partial charge in [0.25, 0.3) is 0 Å². The van der Waals surface area contributed by atoms with Gasteiger partial charge < -0.3 is 0 Å². The molecule has 0 aliphatic heterocycles. The van der Waals surface area contributed by atoms with E-state index in [0.29, 0.717) is 12.4 Å². The van der Waals surface area contributed by atoms with Gasteiger partial charge in [-0.05, 0) is 36.6 Å². The molecule has 1 aromatic rings. The average molecular weight is 280 g/mol. The van der Waals surface area contributed by atoms with Crippen LogP contribution in [-0.4, -0.2) is 20.8 Å². The summed E-state index contributed by atoms with van der Waals surface area (Å²) in [4.78, 5) is 0.0666. The first-order valence-electron chi connectivity index (χ1n) is 5.27. The average Bonchev–Trinajstić information content (AvgIpc) is 2.28. The van der Waals surface area contributed by atoms with Crippen molar-refractivity contribution in [1.82, 2.24) is 4.72 Å². The van der Waals surface area contributed by atoms with Crippen LogP contribution in [0, 0.1) is 11.7 Å². The largest absolute Gasteiger partial charge is 0.240 e. The SMILES string of the molecule is CC(CCCl)CNS(=O)(=O)c1ccc(F)cc1. The fourth-order valence-electron chi connectivity index (χ4n) is 1.24.